The highest BCUT2D eigenvalue weighted by atomic mass is 16.5. The van der Waals surface area contributed by atoms with Crippen molar-refractivity contribution in [3.63, 3.8) is 0 Å². The van der Waals surface area contributed by atoms with Crippen molar-refractivity contribution >= 4 is 35.2 Å². The zero-order valence-electron chi connectivity index (χ0n) is 22.4. The number of Topliss-reactive ketones (excluding diaryl/α,β-unsaturated/α-hetero) is 1. The average molecular weight is 548 g/mol. The predicted octanol–water partition coefficient (Wildman–Crippen LogP) is 5.62. The summed E-state index contributed by atoms with van der Waals surface area (Å²) in [4.78, 5) is 64.6. The highest BCUT2D eigenvalue weighted by molar-refractivity contribution is 6.34. The number of hydrogen-bond donors (Lipinski definition) is 0. The number of esters is 2. The van der Waals surface area contributed by atoms with E-state index in [1.54, 1.807) is 36.4 Å². The average Bonchev–Trinajstić information content (AvgIpc) is 3.25. The van der Waals surface area contributed by atoms with Crippen molar-refractivity contribution < 1.29 is 33.4 Å². The molecule has 204 valence electrons. The maximum atomic E-state index is 13.0. The largest absolute Gasteiger partial charge is 0.454 e. The lowest BCUT2D eigenvalue weighted by Crippen LogP contribution is -2.29. The lowest BCUT2D eigenvalue weighted by Gasteiger charge is -2.14. The second-order valence-corrected chi connectivity index (χ2v) is 9.51. The monoisotopic (exact) mass is 547 g/mol. The molecule has 8 heteroatoms. The summed E-state index contributed by atoms with van der Waals surface area (Å²) in [6, 6.07) is 24.1. The third-order valence-corrected chi connectivity index (χ3v) is 6.73. The standard InChI is InChI=1S/C33H25NO7/c1-3-21-6-13-25(14-7-21)34-30(36)27-17-12-24(18-28(27)31(34)37)32(38)40-19-29(35)22-10-15-26(16-11-22)41-33(39)23-8-4-20(2)5-9-23/h4-18H,3,19H2,1-2H3. The maximum absolute atomic E-state index is 13.0. The Morgan fingerprint density at radius 1 is 0.683 bits per heavy atom. The van der Waals surface area contributed by atoms with Crippen molar-refractivity contribution in [3.8, 4) is 5.75 Å². The first-order chi connectivity index (χ1) is 19.7. The second kappa shape index (κ2) is 11.4. The molecule has 0 radical (unpaired) electrons. The first-order valence-electron chi connectivity index (χ1n) is 13.0. The molecule has 1 aliphatic rings. The summed E-state index contributed by atoms with van der Waals surface area (Å²) in [6.07, 6.45) is 0.825. The molecule has 0 saturated carbocycles. The van der Waals surface area contributed by atoms with Gasteiger partial charge in [-0.15, -0.1) is 0 Å². The number of ether oxygens (including phenoxy) is 2. The van der Waals surface area contributed by atoms with E-state index in [0.717, 1.165) is 22.4 Å². The summed E-state index contributed by atoms with van der Waals surface area (Å²) in [5.74, 6) is -2.55. The van der Waals surface area contributed by atoms with Gasteiger partial charge in [-0.25, -0.2) is 14.5 Å². The van der Waals surface area contributed by atoms with E-state index in [9.17, 15) is 24.0 Å². The van der Waals surface area contributed by atoms with Crippen LogP contribution in [-0.4, -0.2) is 36.1 Å². The van der Waals surface area contributed by atoms with E-state index in [-0.39, 0.29) is 28.0 Å². The number of carbonyl (C=O) groups excluding carboxylic acids is 5. The third-order valence-electron chi connectivity index (χ3n) is 6.73. The normalized spacial score (nSPS) is 12.2. The Hall–Kier alpha value is -5.37. The molecule has 0 fully saturated rings. The summed E-state index contributed by atoms with van der Waals surface area (Å²) in [5, 5.41) is 0. The van der Waals surface area contributed by atoms with Crippen molar-refractivity contribution in [2.45, 2.75) is 20.3 Å². The fourth-order valence-corrected chi connectivity index (χ4v) is 4.35. The van der Waals surface area contributed by atoms with Crippen molar-refractivity contribution in [1.82, 2.24) is 0 Å². The fraction of sp³-hybridized carbons (Fsp3) is 0.121. The van der Waals surface area contributed by atoms with Crippen molar-refractivity contribution in [2.75, 3.05) is 11.5 Å². The minimum Gasteiger partial charge on any atom is -0.454 e. The van der Waals surface area contributed by atoms with Crippen molar-refractivity contribution in [1.29, 1.82) is 0 Å². The molecule has 0 unspecified atom stereocenters. The van der Waals surface area contributed by atoms with Crippen LogP contribution in [0.3, 0.4) is 0 Å². The van der Waals surface area contributed by atoms with Crippen molar-refractivity contribution in [2.24, 2.45) is 0 Å². The van der Waals surface area contributed by atoms with Gasteiger partial charge in [-0.05, 0) is 85.6 Å². The Labute approximate surface area is 236 Å². The Kier molecular flexibility index (Phi) is 7.56. The molecule has 0 atom stereocenters. The number of rotatable bonds is 8. The Balaban J connectivity index is 1.20. The molecule has 8 nitrogen and oxygen atoms in total. The minimum absolute atomic E-state index is 0.0410. The van der Waals surface area contributed by atoms with E-state index in [1.807, 2.05) is 26.0 Å². The molecule has 4 aromatic carbocycles. The number of imide groups is 1. The number of amides is 2. The van der Waals surface area contributed by atoms with Crippen LogP contribution in [0.4, 0.5) is 5.69 Å². The van der Waals surface area contributed by atoms with Crippen LogP contribution in [0.5, 0.6) is 5.75 Å². The quantitative estimate of drug-likeness (QED) is 0.122. The minimum atomic E-state index is -0.809. The topological polar surface area (TPSA) is 107 Å². The van der Waals surface area contributed by atoms with Crippen LogP contribution in [0.15, 0.2) is 91.0 Å². The zero-order chi connectivity index (χ0) is 29.1. The van der Waals surface area contributed by atoms with Gasteiger partial charge in [-0.2, -0.15) is 0 Å². The van der Waals surface area contributed by atoms with Crippen LogP contribution in [0.2, 0.25) is 0 Å². The molecule has 5 rings (SSSR count). The molecular weight excluding hydrogens is 522 g/mol. The molecular formula is C33H25NO7. The van der Waals surface area contributed by atoms with Gasteiger partial charge in [-0.1, -0.05) is 36.8 Å². The van der Waals surface area contributed by atoms with Gasteiger partial charge in [0.15, 0.2) is 12.4 Å². The van der Waals surface area contributed by atoms with E-state index >= 15 is 0 Å². The SMILES string of the molecule is CCc1ccc(N2C(=O)c3ccc(C(=O)OCC(=O)c4ccc(OC(=O)c5ccc(C)cc5)cc4)cc3C2=O)cc1. The predicted molar refractivity (Wildman–Crippen MR) is 151 cm³/mol. The molecule has 41 heavy (non-hydrogen) atoms. The summed E-state index contributed by atoms with van der Waals surface area (Å²) in [6.45, 7) is 3.38. The van der Waals surface area contributed by atoms with E-state index in [0.29, 0.717) is 11.3 Å². The van der Waals surface area contributed by atoms with Gasteiger partial charge in [0.05, 0.1) is 27.9 Å². The first kappa shape index (κ1) is 27.2. The van der Waals surface area contributed by atoms with Gasteiger partial charge in [0.1, 0.15) is 5.75 Å². The molecule has 0 N–H and O–H groups in total. The van der Waals surface area contributed by atoms with Gasteiger partial charge < -0.3 is 9.47 Å². The Morgan fingerprint density at radius 2 is 1.29 bits per heavy atom. The maximum Gasteiger partial charge on any atom is 0.343 e. The van der Waals surface area contributed by atoms with Gasteiger partial charge in [0.2, 0.25) is 0 Å². The molecule has 1 heterocycles. The van der Waals surface area contributed by atoms with E-state index in [2.05, 4.69) is 0 Å². The molecule has 0 saturated heterocycles. The number of aryl methyl sites for hydroxylation is 2. The number of nitrogens with zero attached hydrogens (tertiary/aromatic N) is 1. The summed E-state index contributed by atoms with van der Waals surface area (Å²) < 4.78 is 10.5. The van der Waals surface area contributed by atoms with Crippen molar-refractivity contribution in [3.05, 3.63) is 130 Å². The number of fused-ring (bicyclic) bond motifs is 1. The van der Waals surface area contributed by atoms with Gasteiger partial charge in [0.25, 0.3) is 11.8 Å². The molecule has 0 aromatic heterocycles. The summed E-state index contributed by atoms with van der Waals surface area (Å²) >= 11 is 0. The highest BCUT2D eigenvalue weighted by Crippen LogP contribution is 2.29. The molecule has 0 aliphatic carbocycles. The number of anilines is 1. The lowest BCUT2D eigenvalue weighted by molar-refractivity contribution is 0.0474. The Morgan fingerprint density at radius 3 is 1.95 bits per heavy atom. The molecule has 1 aliphatic heterocycles. The number of hydrogen-bond acceptors (Lipinski definition) is 7. The van der Waals surface area contributed by atoms with Crippen LogP contribution in [-0.2, 0) is 11.2 Å². The number of ketones is 1. The smallest absolute Gasteiger partial charge is 0.343 e. The van der Waals surface area contributed by atoms with Gasteiger partial charge in [-0.3, -0.25) is 14.4 Å². The Bertz CT molecular complexity index is 1670. The zero-order valence-corrected chi connectivity index (χ0v) is 22.4. The van der Waals surface area contributed by atoms with Crippen LogP contribution < -0.4 is 9.64 Å². The molecule has 0 spiro atoms. The molecule has 0 bridgehead atoms. The third kappa shape index (κ3) is 5.67. The number of benzene rings is 4. The fourth-order valence-electron chi connectivity index (χ4n) is 4.35. The van der Waals surface area contributed by atoms with Crippen LogP contribution in [0.25, 0.3) is 0 Å². The first-order valence-corrected chi connectivity index (χ1v) is 13.0. The number of carbonyl (C=O) groups is 5. The summed E-state index contributed by atoms with van der Waals surface area (Å²) in [7, 11) is 0. The van der Waals surface area contributed by atoms with E-state index < -0.39 is 36.1 Å². The van der Waals surface area contributed by atoms with Crippen LogP contribution in [0, 0.1) is 6.92 Å². The van der Waals surface area contributed by atoms with E-state index in [4.69, 9.17) is 9.47 Å². The highest BCUT2D eigenvalue weighted by Gasteiger charge is 2.37. The molecule has 2 amide bonds. The van der Waals surface area contributed by atoms with Crippen LogP contribution >= 0.6 is 0 Å². The van der Waals surface area contributed by atoms with Gasteiger partial charge >= 0.3 is 11.9 Å². The molecule has 4 aromatic rings. The van der Waals surface area contributed by atoms with Gasteiger partial charge in [0, 0.05) is 5.56 Å². The second-order valence-electron chi connectivity index (χ2n) is 9.51. The van der Waals surface area contributed by atoms with E-state index in [1.165, 1.54) is 42.5 Å². The summed E-state index contributed by atoms with van der Waals surface area (Å²) in [5.41, 5.74) is 3.51. The van der Waals surface area contributed by atoms with Crippen LogP contribution in [0.1, 0.15) is 69.8 Å². The lowest BCUT2D eigenvalue weighted by atomic mass is 10.1.